The highest BCUT2D eigenvalue weighted by molar-refractivity contribution is 7.18. The van der Waals surface area contributed by atoms with Crippen LogP contribution in [-0.4, -0.2) is 18.5 Å². The molecule has 2 aromatic rings. The third kappa shape index (κ3) is 4.09. The van der Waals surface area contributed by atoms with Gasteiger partial charge in [0.15, 0.2) is 0 Å². The Balaban J connectivity index is 2.18. The van der Waals surface area contributed by atoms with Gasteiger partial charge in [0.05, 0.1) is 12.2 Å². The molecule has 24 heavy (non-hydrogen) atoms. The van der Waals surface area contributed by atoms with Crippen molar-refractivity contribution in [2.75, 3.05) is 11.9 Å². The van der Waals surface area contributed by atoms with Gasteiger partial charge in [0.25, 0.3) is 0 Å². The van der Waals surface area contributed by atoms with Gasteiger partial charge in [-0.25, -0.2) is 4.79 Å². The zero-order valence-corrected chi connectivity index (χ0v) is 14.1. The van der Waals surface area contributed by atoms with Crippen molar-refractivity contribution in [3.05, 3.63) is 58.0 Å². The summed E-state index contributed by atoms with van der Waals surface area (Å²) in [6.07, 6.45) is 3.06. The van der Waals surface area contributed by atoms with Crippen LogP contribution in [0.1, 0.15) is 33.3 Å². The highest BCUT2D eigenvalue weighted by atomic mass is 32.1. The minimum absolute atomic E-state index is 0.250. The van der Waals surface area contributed by atoms with E-state index in [1.807, 2.05) is 36.4 Å². The molecule has 0 aliphatic heterocycles. The van der Waals surface area contributed by atoms with E-state index in [1.165, 1.54) is 6.08 Å². The van der Waals surface area contributed by atoms with E-state index in [0.29, 0.717) is 15.4 Å². The van der Waals surface area contributed by atoms with Gasteiger partial charge in [-0.3, -0.25) is 4.79 Å². The number of carbonyl (C=O) groups is 2. The zero-order chi connectivity index (χ0) is 17.5. The first-order valence-corrected chi connectivity index (χ1v) is 8.13. The lowest BCUT2D eigenvalue weighted by molar-refractivity contribution is -0.111. The smallest absolute Gasteiger partial charge is 0.348 e. The van der Waals surface area contributed by atoms with Crippen molar-refractivity contribution in [2.24, 2.45) is 0 Å². The average Bonchev–Trinajstić information content (AvgIpc) is 2.89. The predicted molar refractivity (Wildman–Crippen MR) is 93.8 cm³/mol. The van der Waals surface area contributed by atoms with Crippen LogP contribution in [0.4, 0.5) is 5.00 Å². The van der Waals surface area contributed by atoms with Gasteiger partial charge in [-0.2, -0.15) is 5.26 Å². The second-order valence-corrected chi connectivity index (χ2v) is 5.85. The van der Waals surface area contributed by atoms with E-state index in [9.17, 15) is 14.9 Å². The van der Waals surface area contributed by atoms with Crippen LogP contribution in [0.25, 0.3) is 6.08 Å². The number of nitriles is 1. The van der Waals surface area contributed by atoms with Gasteiger partial charge in [0.1, 0.15) is 15.9 Å². The molecule has 2 rings (SSSR count). The molecule has 0 radical (unpaired) electrons. The lowest BCUT2D eigenvalue weighted by atomic mass is 10.1. The number of ether oxygens (including phenoxy) is 1. The predicted octanol–water partition coefficient (Wildman–Crippen LogP) is 3.76. The molecule has 1 N–H and O–H groups in total. The van der Waals surface area contributed by atoms with Crippen LogP contribution in [0.3, 0.4) is 0 Å². The molecular weight excluding hydrogens is 324 g/mol. The van der Waals surface area contributed by atoms with Crippen LogP contribution >= 0.6 is 11.3 Å². The zero-order valence-electron chi connectivity index (χ0n) is 13.3. The van der Waals surface area contributed by atoms with E-state index in [2.05, 4.69) is 5.32 Å². The molecule has 0 fully saturated rings. The van der Waals surface area contributed by atoms with Crippen LogP contribution in [0, 0.1) is 18.3 Å². The number of amides is 1. The molecule has 0 spiro atoms. The summed E-state index contributed by atoms with van der Waals surface area (Å²) in [6, 6.07) is 11.4. The van der Waals surface area contributed by atoms with Gasteiger partial charge >= 0.3 is 5.97 Å². The molecule has 122 valence electrons. The largest absolute Gasteiger partial charge is 0.462 e. The van der Waals surface area contributed by atoms with Crippen LogP contribution in [0.15, 0.2) is 36.4 Å². The molecule has 0 aliphatic rings. The summed E-state index contributed by atoms with van der Waals surface area (Å²) >= 11 is 1.05. The Morgan fingerprint density at radius 1 is 1.33 bits per heavy atom. The summed E-state index contributed by atoms with van der Waals surface area (Å²) < 4.78 is 4.97. The molecule has 6 heteroatoms. The monoisotopic (exact) mass is 340 g/mol. The van der Waals surface area contributed by atoms with E-state index in [0.717, 1.165) is 16.9 Å². The maximum atomic E-state index is 12.1. The van der Waals surface area contributed by atoms with E-state index in [1.54, 1.807) is 19.9 Å². The van der Waals surface area contributed by atoms with E-state index < -0.39 is 5.97 Å². The average molecular weight is 340 g/mol. The van der Waals surface area contributed by atoms with Gasteiger partial charge in [-0.1, -0.05) is 30.3 Å². The molecule has 0 unspecified atom stereocenters. The second kappa shape index (κ2) is 8.09. The molecular formula is C18H16N2O3S. The Morgan fingerprint density at radius 2 is 2.04 bits per heavy atom. The number of nitrogens with one attached hydrogen (secondary N) is 1. The molecule has 1 aromatic heterocycles. The SMILES string of the molecule is CCOC(=O)c1sc(NC(=O)/C=C/c2ccccc2)c(C#N)c1C. The number of rotatable bonds is 5. The molecule has 1 amide bonds. The number of benzene rings is 1. The lowest BCUT2D eigenvalue weighted by Crippen LogP contribution is -2.07. The first-order valence-electron chi connectivity index (χ1n) is 7.31. The Hall–Kier alpha value is -2.91. The number of hydrogen-bond acceptors (Lipinski definition) is 5. The van der Waals surface area contributed by atoms with Crippen molar-refractivity contribution >= 4 is 34.3 Å². The van der Waals surface area contributed by atoms with E-state index >= 15 is 0 Å². The highest BCUT2D eigenvalue weighted by Gasteiger charge is 2.21. The Morgan fingerprint density at radius 3 is 2.67 bits per heavy atom. The summed E-state index contributed by atoms with van der Waals surface area (Å²) in [6.45, 7) is 3.62. The molecule has 0 aliphatic carbocycles. The molecule has 0 saturated heterocycles. The topological polar surface area (TPSA) is 79.2 Å². The number of esters is 1. The third-order valence-corrected chi connectivity index (χ3v) is 4.37. The minimum atomic E-state index is -0.489. The fourth-order valence-electron chi connectivity index (χ4n) is 2.02. The number of thiophene rings is 1. The first-order chi connectivity index (χ1) is 11.6. The molecule has 1 heterocycles. The molecule has 1 aromatic carbocycles. The quantitative estimate of drug-likeness (QED) is 0.664. The van der Waals surface area contributed by atoms with Gasteiger partial charge in [0, 0.05) is 6.08 Å². The van der Waals surface area contributed by atoms with Crippen molar-refractivity contribution in [3.63, 3.8) is 0 Å². The summed E-state index contributed by atoms with van der Waals surface area (Å²) in [5, 5.41) is 12.3. The number of nitrogens with zero attached hydrogens (tertiary/aromatic N) is 1. The van der Waals surface area contributed by atoms with Gasteiger partial charge in [-0.05, 0) is 31.1 Å². The first kappa shape index (κ1) is 17.4. The van der Waals surface area contributed by atoms with E-state index in [-0.39, 0.29) is 18.1 Å². The molecule has 0 bridgehead atoms. The normalized spacial score (nSPS) is 10.4. The maximum absolute atomic E-state index is 12.1. The van der Waals surface area contributed by atoms with Crippen LogP contribution in [-0.2, 0) is 9.53 Å². The van der Waals surface area contributed by atoms with Gasteiger partial charge in [0.2, 0.25) is 5.91 Å². The summed E-state index contributed by atoms with van der Waals surface area (Å²) in [5.41, 5.74) is 1.69. The van der Waals surface area contributed by atoms with Gasteiger partial charge in [-0.15, -0.1) is 11.3 Å². The van der Waals surface area contributed by atoms with Crippen LogP contribution < -0.4 is 5.32 Å². The minimum Gasteiger partial charge on any atom is -0.462 e. The summed E-state index contributed by atoms with van der Waals surface area (Å²) in [5.74, 6) is -0.858. The fraction of sp³-hybridized carbons (Fsp3) is 0.167. The van der Waals surface area contributed by atoms with Crippen molar-refractivity contribution < 1.29 is 14.3 Å². The van der Waals surface area contributed by atoms with Crippen molar-refractivity contribution in [1.29, 1.82) is 5.26 Å². The number of carbonyl (C=O) groups excluding carboxylic acids is 2. The molecule has 0 atom stereocenters. The fourth-order valence-corrected chi connectivity index (χ4v) is 3.07. The maximum Gasteiger partial charge on any atom is 0.348 e. The van der Waals surface area contributed by atoms with E-state index in [4.69, 9.17) is 4.74 Å². The molecule has 5 nitrogen and oxygen atoms in total. The summed E-state index contributed by atoms with van der Waals surface area (Å²) in [7, 11) is 0. The Labute approximate surface area is 144 Å². The van der Waals surface area contributed by atoms with Crippen LogP contribution in [0.5, 0.6) is 0 Å². The second-order valence-electron chi connectivity index (χ2n) is 4.83. The molecule has 0 saturated carbocycles. The third-order valence-electron chi connectivity index (χ3n) is 3.18. The number of anilines is 1. The number of hydrogen-bond donors (Lipinski definition) is 1. The van der Waals surface area contributed by atoms with Crippen molar-refractivity contribution in [2.45, 2.75) is 13.8 Å². The van der Waals surface area contributed by atoms with Crippen molar-refractivity contribution in [3.8, 4) is 6.07 Å². The van der Waals surface area contributed by atoms with Crippen LogP contribution in [0.2, 0.25) is 0 Å². The summed E-state index contributed by atoms with van der Waals surface area (Å²) in [4.78, 5) is 24.3. The standard InChI is InChI=1S/C18H16N2O3S/c1-3-23-18(22)16-12(2)14(11-19)17(24-16)20-15(21)10-9-13-7-5-4-6-8-13/h4-10H,3H2,1-2H3,(H,20,21)/b10-9+. The lowest BCUT2D eigenvalue weighted by Gasteiger charge is -1.99. The van der Waals surface area contributed by atoms with Gasteiger partial charge < -0.3 is 10.1 Å². The van der Waals surface area contributed by atoms with Crippen molar-refractivity contribution in [1.82, 2.24) is 0 Å². The Kier molecular flexibility index (Phi) is 5.88. The Bertz CT molecular complexity index is 817. The highest BCUT2D eigenvalue weighted by Crippen LogP contribution is 2.33.